The first kappa shape index (κ1) is 19.8. The van der Waals surface area contributed by atoms with E-state index in [9.17, 15) is 9.59 Å². The molecule has 2 amide bonds. The number of thioether (sulfide) groups is 1. The second-order valence-electron chi connectivity index (χ2n) is 6.95. The number of para-hydroxylation sites is 1. The second-order valence-corrected chi connectivity index (χ2v) is 9.04. The minimum Gasteiger partial charge on any atom is -0.306 e. The van der Waals surface area contributed by atoms with Crippen LogP contribution in [0.4, 0.5) is 10.8 Å². The number of aromatic nitrogens is 1. The van der Waals surface area contributed by atoms with E-state index in [1.165, 1.54) is 23.1 Å². The van der Waals surface area contributed by atoms with Crippen molar-refractivity contribution in [3.63, 3.8) is 0 Å². The lowest BCUT2D eigenvalue weighted by Gasteiger charge is -2.27. The van der Waals surface area contributed by atoms with Crippen molar-refractivity contribution >= 4 is 57.0 Å². The topological polar surface area (TPSA) is 86.7 Å². The number of piperidine rings is 1. The molecule has 2 aliphatic rings. The number of nitrogens with one attached hydrogen (secondary N) is 2. The zero-order chi connectivity index (χ0) is 20.2. The molecule has 3 heterocycles. The van der Waals surface area contributed by atoms with Crippen LogP contribution < -0.4 is 10.6 Å². The number of nitrogens with zero attached hydrogens (tertiary/aromatic N) is 3. The van der Waals surface area contributed by atoms with E-state index in [1.54, 1.807) is 12.3 Å². The molecule has 0 bridgehead atoms. The summed E-state index contributed by atoms with van der Waals surface area (Å²) < 4.78 is 0. The highest BCUT2D eigenvalue weighted by molar-refractivity contribution is 8.18. The van der Waals surface area contributed by atoms with Crippen LogP contribution in [0.3, 0.4) is 0 Å². The minimum atomic E-state index is -0.185. The summed E-state index contributed by atoms with van der Waals surface area (Å²) in [6.45, 7) is 1.87. The summed E-state index contributed by atoms with van der Waals surface area (Å²) in [6, 6.07) is 9.47. The van der Waals surface area contributed by atoms with Gasteiger partial charge in [0.05, 0.1) is 15.5 Å². The van der Waals surface area contributed by atoms with Crippen molar-refractivity contribution in [1.29, 1.82) is 0 Å². The van der Waals surface area contributed by atoms with Gasteiger partial charge in [0.25, 0.3) is 5.91 Å². The van der Waals surface area contributed by atoms with Crippen LogP contribution in [-0.2, 0) is 9.59 Å². The predicted octanol–water partition coefficient (Wildman–Crippen LogP) is 3.32. The molecule has 1 aromatic heterocycles. The Balaban J connectivity index is 1.39. The Morgan fingerprint density at radius 2 is 2.07 bits per heavy atom. The first-order valence-corrected chi connectivity index (χ1v) is 11.0. The number of hydrogen-bond acceptors (Lipinski definition) is 7. The summed E-state index contributed by atoms with van der Waals surface area (Å²) in [7, 11) is 2.07. The van der Waals surface area contributed by atoms with Gasteiger partial charge in [0, 0.05) is 12.1 Å². The molecule has 2 aromatic rings. The normalized spacial score (nSPS) is 20.9. The zero-order valence-electron chi connectivity index (χ0n) is 15.9. The number of benzene rings is 1. The molecule has 150 valence electrons. The molecule has 29 heavy (non-hydrogen) atoms. The van der Waals surface area contributed by atoms with Crippen LogP contribution in [0.15, 0.2) is 46.4 Å². The maximum absolute atomic E-state index is 12.4. The quantitative estimate of drug-likeness (QED) is 0.731. The smallest absolute Gasteiger partial charge is 0.264 e. The number of hydrogen-bond donors (Lipinski definition) is 2. The van der Waals surface area contributed by atoms with Crippen molar-refractivity contribution in [2.75, 3.05) is 25.5 Å². The number of carbonyl (C=O) groups is 2. The van der Waals surface area contributed by atoms with Crippen LogP contribution in [-0.4, -0.2) is 47.0 Å². The molecule has 2 aliphatic heterocycles. The molecule has 0 saturated carbocycles. The van der Waals surface area contributed by atoms with Gasteiger partial charge in [0.1, 0.15) is 0 Å². The van der Waals surface area contributed by atoms with E-state index in [2.05, 4.69) is 32.6 Å². The second kappa shape index (κ2) is 8.89. The van der Waals surface area contributed by atoms with Gasteiger partial charge < -0.3 is 15.5 Å². The molecule has 9 heteroatoms. The van der Waals surface area contributed by atoms with Crippen LogP contribution in [0.5, 0.6) is 0 Å². The fourth-order valence-electron chi connectivity index (χ4n) is 3.12. The van der Waals surface area contributed by atoms with Gasteiger partial charge >= 0.3 is 0 Å². The van der Waals surface area contributed by atoms with Crippen molar-refractivity contribution in [2.24, 2.45) is 10.9 Å². The maximum Gasteiger partial charge on any atom is 0.264 e. The Kier molecular flexibility index (Phi) is 6.08. The van der Waals surface area contributed by atoms with Crippen molar-refractivity contribution in [1.82, 2.24) is 15.2 Å². The van der Waals surface area contributed by atoms with Crippen molar-refractivity contribution in [3.05, 3.63) is 46.3 Å². The third-order valence-electron chi connectivity index (χ3n) is 4.75. The van der Waals surface area contributed by atoms with E-state index < -0.39 is 0 Å². The Morgan fingerprint density at radius 3 is 2.83 bits per heavy atom. The third kappa shape index (κ3) is 5.11. The molecule has 7 nitrogen and oxygen atoms in total. The van der Waals surface area contributed by atoms with Crippen molar-refractivity contribution in [2.45, 2.75) is 12.8 Å². The lowest BCUT2D eigenvalue weighted by molar-refractivity contribution is -0.121. The van der Waals surface area contributed by atoms with E-state index in [4.69, 9.17) is 0 Å². The van der Waals surface area contributed by atoms with Crippen LogP contribution in [0.2, 0.25) is 0 Å². The van der Waals surface area contributed by atoms with Crippen LogP contribution in [0.25, 0.3) is 6.08 Å². The maximum atomic E-state index is 12.4. The summed E-state index contributed by atoms with van der Waals surface area (Å²) in [5, 5.41) is 6.80. The molecule has 2 saturated heterocycles. The number of aliphatic imine (C=N–C) groups is 1. The van der Waals surface area contributed by atoms with Gasteiger partial charge in [0.15, 0.2) is 10.3 Å². The first-order valence-electron chi connectivity index (χ1n) is 9.37. The fraction of sp³-hybridized carbons (Fsp3) is 0.300. The third-order valence-corrected chi connectivity index (χ3v) is 6.52. The van der Waals surface area contributed by atoms with Gasteiger partial charge in [-0.25, -0.2) is 9.98 Å². The van der Waals surface area contributed by atoms with E-state index >= 15 is 0 Å². The summed E-state index contributed by atoms with van der Waals surface area (Å²) in [5.74, 6) is -0.128. The Labute approximate surface area is 177 Å². The number of carbonyl (C=O) groups excluding carboxylic acids is 2. The zero-order valence-corrected chi connectivity index (χ0v) is 17.6. The largest absolute Gasteiger partial charge is 0.306 e. The van der Waals surface area contributed by atoms with Crippen LogP contribution in [0.1, 0.15) is 17.7 Å². The van der Waals surface area contributed by atoms with Gasteiger partial charge in [-0.15, -0.1) is 0 Å². The van der Waals surface area contributed by atoms with E-state index in [1.807, 2.05) is 30.3 Å². The van der Waals surface area contributed by atoms with Gasteiger partial charge in [-0.2, -0.15) is 0 Å². The Hall–Kier alpha value is -2.49. The number of amides is 2. The lowest BCUT2D eigenvalue weighted by atomic mass is 9.96. The number of likely N-dealkylation sites (tertiary alicyclic amines) is 1. The van der Waals surface area contributed by atoms with Crippen molar-refractivity contribution in [3.8, 4) is 0 Å². The first-order chi connectivity index (χ1) is 14.1. The fourth-order valence-corrected chi connectivity index (χ4v) is 4.79. The van der Waals surface area contributed by atoms with Gasteiger partial charge in [-0.3, -0.25) is 9.59 Å². The molecule has 1 aromatic carbocycles. The van der Waals surface area contributed by atoms with E-state index in [-0.39, 0.29) is 17.7 Å². The molecular weight excluding hydrogens is 406 g/mol. The molecule has 4 rings (SSSR count). The lowest BCUT2D eigenvalue weighted by Crippen LogP contribution is -2.35. The van der Waals surface area contributed by atoms with Crippen LogP contribution >= 0.6 is 23.1 Å². The highest BCUT2D eigenvalue weighted by Crippen LogP contribution is 2.30. The Morgan fingerprint density at radius 1 is 1.31 bits per heavy atom. The summed E-state index contributed by atoms with van der Waals surface area (Å²) in [6.07, 6.45) is 5.18. The monoisotopic (exact) mass is 427 g/mol. The summed E-state index contributed by atoms with van der Waals surface area (Å²) in [5.41, 5.74) is 0.785. The average Bonchev–Trinajstić information content (AvgIpc) is 3.29. The summed E-state index contributed by atoms with van der Waals surface area (Å²) >= 11 is 2.65. The average molecular weight is 428 g/mol. The molecule has 0 radical (unpaired) electrons. The van der Waals surface area contributed by atoms with Crippen LogP contribution in [0, 0.1) is 5.92 Å². The van der Waals surface area contributed by atoms with Crippen molar-refractivity contribution < 1.29 is 9.59 Å². The molecule has 2 N–H and O–H groups in total. The summed E-state index contributed by atoms with van der Waals surface area (Å²) in [4.78, 5) is 37.0. The van der Waals surface area contributed by atoms with Gasteiger partial charge in [0.2, 0.25) is 5.91 Å². The molecule has 0 unspecified atom stereocenters. The predicted molar refractivity (Wildman–Crippen MR) is 118 cm³/mol. The number of anilines is 1. The number of thiazole rings is 1. The molecule has 0 atom stereocenters. The molecule has 0 spiro atoms. The Bertz CT molecular complexity index is 962. The standard InChI is InChI=1S/C20H21N5O2S2/c1-25-9-7-13(8-10-25)17(26)23-19-21-12-15(28-19)11-16-18(27)24-20(29-16)22-14-5-3-2-4-6-14/h2-6,11-13H,7-10H2,1H3,(H,21,23,26)(H,22,24,27)/b16-11-. The molecular formula is C20H21N5O2S2. The van der Waals surface area contributed by atoms with E-state index in [0.29, 0.717) is 15.2 Å². The molecule has 2 fully saturated rings. The number of rotatable bonds is 4. The molecule has 0 aliphatic carbocycles. The highest BCUT2D eigenvalue weighted by atomic mass is 32.2. The van der Waals surface area contributed by atoms with Gasteiger partial charge in [-0.05, 0) is 62.9 Å². The highest BCUT2D eigenvalue weighted by Gasteiger charge is 2.25. The SMILES string of the molecule is CN1CCC(C(=O)Nc2ncc(/C=C3\SC(=Nc4ccccc4)NC3=O)s2)CC1. The van der Waals surface area contributed by atoms with Gasteiger partial charge in [-0.1, -0.05) is 29.5 Å². The van der Waals surface area contributed by atoms with E-state index in [0.717, 1.165) is 36.5 Å². The minimum absolute atomic E-state index is 0.0249. The number of amidine groups is 1.